The lowest BCUT2D eigenvalue weighted by atomic mass is 10.1. The van der Waals surface area contributed by atoms with Crippen molar-refractivity contribution in [1.82, 2.24) is 24.6 Å². The number of fused-ring (bicyclic) bond motifs is 1. The highest BCUT2D eigenvalue weighted by Gasteiger charge is 2.30. The first-order chi connectivity index (χ1) is 12.2. The fraction of sp³-hybridized carbons (Fsp3) is 0.500. The van der Waals surface area contributed by atoms with Crippen LogP contribution in [0.25, 0.3) is 0 Å². The first-order valence-corrected chi connectivity index (χ1v) is 9.12. The quantitative estimate of drug-likeness (QED) is 0.772. The molecule has 9 heteroatoms. The Balaban J connectivity index is 1.44. The van der Waals surface area contributed by atoms with Crippen LogP contribution in [0.4, 0.5) is 0 Å². The second-order valence-corrected chi connectivity index (χ2v) is 7.02. The van der Waals surface area contributed by atoms with E-state index in [1.165, 1.54) is 0 Å². The van der Waals surface area contributed by atoms with Crippen molar-refractivity contribution < 1.29 is 14.3 Å². The molecule has 1 fully saturated rings. The highest BCUT2D eigenvalue weighted by atomic mass is 79.9. The molecule has 1 unspecified atom stereocenters. The summed E-state index contributed by atoms with van der Waals surface area (Å²) in [4.78, 5) is 22.9. The van der Waals surface area contributed by atoms with E-state index in [2.05, 4.69) is 31.0 Å². The topological polar surface area (TPSA) is 82.4 Å². The molecule has 2 aromatic rings. The molecule has 1 amide bonds. The number of hydrogen-bond donors (Lipinski definition) is 0. The van der Waals surface area contributed by atoms with E-state index in [4.69, 9.17) is 9.47 Å². The molecule has 132 valence electrons. The summed E-state index contributed by atoms with van der Waals surface area (Å²) in [5.74, 6) is 0.517. The molecule has 0 saturated carbocycles. The molecular formula is C16H18BrN5O3. The fourth-order valence-corrected chi connectivity index (χ4v) is 3.32. The summed E-state index contributed by atoms with van der Waals surface area (Å²) in [6, 6.07) is 0.328. The lowest BCUT2D eigenvalue weighted by molar-refractivity contribution is 0.0510. The Morgan fingerprint density at radius 3 is 2.92 bits per heavy atom. The van der Waals surface area contributed by atoms with Gasteiger partial charge in [-0.2, -0.15) is 5.10 Å². The van der Waals surface area contributed by atoms with Crippen molar-refractivity contribution in [2.75, 3.05) is 19.7 Å². The number of aryl methyl sites for hydroxylation is 1. The highest BCUT2D eigenvalue weighted by molar-refractivity contribution is 9.10. The standard InChI is InChI=1S/C16H18BrN5O3/c17-11-7-18-16(19-8-11)25-12-3-1-4-21(10-12)14(23)13-9-20-22-5-2-6-24-15(13)22/h7-9,12H,1-6,10H2. The number of piperidine rings is 1. The Morgan fingerprint density at radius 2 is 2.08 bits per heavy atom. The van der Waals surface area contributed by atoms with Gasteiger partial charge in [0.05, 0.1) is 23.8 Å². The lowest BCUT2D eigenvalue weighted by Crippen LogP contribution is -2.44. The molecule has 0 N–H and O–H groups in total. The molecule has 8 nitrogen and oxygen atoms in total. The van der Waals surface area contributed by atoms with Crippen molar-refractivity contribution >= 4 is 21.8 Å². The molecule has 0 aromatic carbocycles. The number of halogens is 1. The maximum atomic E-state index is 12.9. The summed E-state index contributed by atoms with van der Waals surface area (Å²) >= 11 is 3.30. The predicted octanol–water partition coefficient (Wildman–Crippen LogP) is 1.90. The van der Waals surface area contributed by atoms with E-state index < -0.39 is 0 Å². The van der Waals surface area contributed by atoms with E-state index in [-0.39, 0.29) is 12.0 Å². The second kappa shape index (κ2) is 6.99. The van der Waals surface area contributed by atoms with E-state index in [0.717, 1.165) is 30.3 Å². The van der Waals surface area contributed by atoms with Gasteiger partial charge in [-0.05, 0) is 28.8 Å². The van der Waals surface area contributed by atoms with Gasteiger partial charge in [-0.1, -0.05) is 0 Å². The number of amides is 1. The Bertz CT molecular complexity index is 764. The first kappa shape index (κ1) is 16.3. The van der Waals surface area contributed by atoms with Crippen LogP contribution < -0.4 is 9.47 Å². The van der Waals surface area contributed by atoms with Crippen molar-refractivity contribution in [2.45, 2.75) is 31.9 Å². The number of hydrogen-bond acceptors (Lipinski definition) is 6. The number of ether oxygens (including phenoxy) is 2. The Hall–Kier alpha value is -2.16. The van der Waals surface area contributed by atoms with E-state index >= 15 is 0 Å². The molecule has 2 aliphatic heterocycles. The van der Waals surface area contributed by atoms with Crippen LogP contribution in [0.15, 0.2) is 23.1 Å². The fourth-order valence-electron chi connectivity index (χ4n) is 3.12. The summed E-state index contributed by atoms with van der Waals surface area (Å²) in [6.45, 7) is 2.61. The van der Waals surface area contributed by atoms with Crippen LogP contribution in [-0.4, -0.2) is 56.4 Å². The third-order valence-electron chi connectivity index (χ3n) is 4.31. The molecule has 1 atom stereocenters. The zero-order valence-corrected chi connectivity index (χ0v) is 15.2. The van der Waals surface area contributed by atoms with Gasteiger partial charge in [0.25, 0.3) is 5.91 Å². The van der Waals surface area contributed by atoms with Gasteiger partial charge >= 0.3 is 6.01 Å². The third kappa shape index (κ3) is 3.46. The first-order valence-electron chi connectivity index (χ1n) is 8.33. The Kier molecular flexibility index (Phi) is 4.56. The maximum absolute atomic E-state index is 12.9. The summed E-state index contributed by atoms with van der Waals surface area (Å²) in [6.07, 6.45) is 7.42. The molecule has 0 spiro atoms. The molecule has 0 aliphatic carbocycles. The van der Waals surface area contributed by atoms with Crippen LogP contribution >= 0.6 is 15.9 Å². The average molecular weight is 408 g/mol. The van der Waals surface area contributed by atoms with Crippen molar-refractivity contribution in [3.8, 4) is 11.9 Å². The number of rotatable bonds is 3. The van der Waals surface area contributed by atoms with E-state index in [0.29, 0.717) is 37.2 Å². The van der Waals surface area contributed by atoms with Gasteiger partial charge in [0, 0.05) is 31.9 Å². The zero-order valence-electron chi connectivity index (χ0n) is 13.6. The number of aromatic nitrogens is 4. The summed E-state index contributed by atoms with van der Waals surface area (Å²) in [5.41, 5.74) is 0.528. The van der Waals surface area contributed by atoms with E-state index in [1.54, 1.807) is 28.2 Å². The maximum Gasteiger partial charge on any atom is 0.316 e. The van der Waals surface area contributed by atoms with Crippen molar-refractivity contribution in [1.29, 1.82) is 0 Å². The molecule has 2 aromatic heterocycles. The van der Waals surface area contributed by atoms with Crippen LogP contribution in [0.3, 0.4) is 0 Å². The largest absolute Gasteiger partial charge is 0.477 e. The molecule has 1 saturated heterocycles. The van der Waals surface area contributed by atoms with E-state index in [9.17, 15) is 4.79 Å². The van der Waals surface area contributed by atoms with Crippen LogP contribution in [0.5, 0.6) is 11.9 Å². The highest BCUT2D eigenvalue weighted by Crippen LogP contribution is 2.25. The van der Waals surface area contributed by atoms with Gasteiger partial charge in [0.2, 0.25) is 5.88 Å². The molecule has 2 aliphatic rings. The third-order valence-corrected chi connectivity index (χ3v) is 4.72. The predicted molar refractivity (Wildman–Crippen MR) is 91.6 cm³/mol. The van der Waals surface area contributed by atoms with Gasteiger partial charge in [-0.25, -0.2) is 14.6 Å². The van der Waals surface area contributed by atoms with Gasteiger partial charge in [0.1, 0.15) is 11.7 Å². The van der Waals surface area contributed by atoms with Crippen molar-refractivity contribution in [3.05, 3.63) is 28.6 Å². The Morgan fingerprint density at radius 1 is 1.24 bits per heavy atom. The average Bonchev–Trinajstić information content (AvgIpc) is 3.07. The normalized spacial score (nSPS) is 19.9. The minimum absolute atomic E-state index is 0.0619. The van der Waals surface area contributed by atoms with Gasteiger partial charge in [-0.3, -0.25) is 4.79 Å². The van der Waals surface area contributed by atoms with Gasteiger partial charge < -0.3 is 14.4 Å². The molecule has 0 bridgehead atoms. The summed E-state index contributed by atoms with van der Waals surface area (Å²) in [5, 5.41) is 4.26. The van der Waals surface area contributed by atoms with E-state index in [1.807, 2.05) is 0 Å². The van der Waals surface area contributed by atoms with Crippen LogP contribution in [0.2, 0.25) is 0 Å². The van der Waals surface area contributed by atoms with Crippen LogP contribution in [-0.2, 0) is 6.54 Å². The monoisotopic (exact) mass is 407 g/mol. The summed E-state index contributed by atoms with van der Waals surface area (Å²) < 4.78 is 14.0. The van der Waals surface area contributed by atoms with Crippen molar-refractivity contribution in [3.63, 3.8) is 0 Å². The SMILES string of the molecule is O=C(c1cnn2c1OCCC2)N1CCCC(Oc2ncc(Br)cn2)C1. The zero-order chi connectivity index (χ0) is 17.2. The lowest BCUT2D eigenvalue weighted by Gasteiger charge is -2.32. The number of carbonyl (C=O) groups is 1. The van der Waals surface area contributed by atoms with Crippen LogP contribution in [0, 0.1) is 0 Å². The molecule has 0 radical (unpaired) electrons. The number of carbonyl (C=O) groups excluding carboxylic acids is 1. The van der Waals surface area contributed by atoms with Crippen molar-refractivity contribution in [2.24, 2.45) is 0 Å². The molecule has 25 heavy (non-hydrogen) atoms. The second-order valence-electron chi connectivity index (χ2n) is 6.11. The minimum Gasteiger partial charge on any atom is -0.477 e. The number of nitrogens with zero attached hydrogens (tertiary/aromatic N) is 5. The Labute approximate surface area is 153 Å². The number of likely N-dealkylation sites (tertiary alicyclic amines) is 1. The van der Waals surface area contributed by atoms with Gasteiger partial charge in [-0.15, -0.1) is 0 Å². The minimum atomic E-state index is -0.119. The summed E-state index contributed by atoms with van der Waals surface area (Å²) in [7, 11) is 0. The van der Waals surface area contributed by atoms with Gasteiger partial charge in [0.15, 0.2) is 0 Å². The molecule has 4 rings (SSSR count). The molecular weight excluding hydrogens is 390 g/mol. The molecule has 4 heterocycles. The van der Waals surface area contributed by atoms with Crippen LogP contribution in [0.1, 0.15) is 29.6 Å². The smallest absolute Gasteiger partial charge is 0.316 e.